The summed E-state index contributed by atoms with van der Waals surface area (Å²) >= 11 is 0. The number of carbonyl (C=O) groups is 2. The molecule has 1 heterocycles. The number of guanidine groups is 1. The van der Waals surface area contributed by atoms with Crippen molar-refractivity contribution in [2.45, 2.75) is 0 Å². The maximum Gasteiger partial charge on any atom is 0.345 e. The third-order valence-electron chi connectivity index (χ3n) is 4.62. The first-order chi connectivity index (χ1) is 14.5. The van der Waals surface area contributed by atoms with Crippen LogP contribution in [-0.4, -0.2) is 62.0 Å². The van der Waals surface area contributed by atoms with Crippen molar-refractivity contribution in [3.05, 3.63) is 59.7 Å². The van der Waals surface area contributed by atoms with Crippen molar-refractivity contribution < 1.29 is 14.3 Å². The van der Waals surface area contributed by atoms with Crippen LogP contribution >= 0.6 is 0 Å². The molecule has 1 saturated heterocycles. The summed E-state index contributed by atoms with van der Waals surface area (Å²) in [5.41, 5.74) is 11.9. The minimum absolute atomic E-state index is 0.150. The number of ether oxygens (including phenoxy) is 1. The van der Waals surface area contributed by atoms with Gasteiger partial charge in [-0.25, -0.2) is 9.79 Å². The highest BCUT2D eigenvalue weighted by molar-refractivity contribution is 5.98. The summed E-state index contributed by atoms with van der Waals surface area (Å²) in [7, 11) is 0. The van der Waals surface area contributed by atoms with Crippen LogP contribution in [0.1, 0.15) is 20.7 Å². The maximum atomic E-state index is 12.5. The first kappa shape index (κ1) is 21.3. The predicted molar refractivity (Wildman–Crippen MR) is 115 cm³/mol. The van der Waals surface area contributed by atoms with Crippen molar-refractivity contribution in [3.63, 3.8) is 0 Å². The zero-order valence-corrected chi connectivity index (χ0v) is 16.6. The molecule has 0 bridgehead atoms. The third kappa shape index (κ3) is 6.03. The minimum atomic E-state index is -0.594. The molecule has 6 N–H and O–H groups in total. The lowest BCUT2D eigenvalue weighted by Crippen LogP contribution is -2.46. The van der Waals surface area contributed by atoms with Crippen molar-refractivity contribution in [3.8, 4) is 5.75 Å². The van der Waals surface area contributed by atoms with Gasteiger partial charge in [0.1, 0.15) is 5.75 Å². The van der Waals surface area contributed by atoms with E-state index < -0.39 is 5.97 Å². The van der Waals surface area contributed by atoms with E-state index in [1.165, 1.54) is 0 Å². The number of esters is 1. The van der Waals surface area contributed by atoms with Crippen LogP contribution in [0.25, 0.3) is 0 Å². The topological polar surface area (TPSA) is 135 Å². The van der Waals surface area contributed by atoms with Gasteiger partial charge in [-0.05, 0) is 36.4 Å². The van der Waals surface area contributed by atoms with Crippen molar-refractivity contribution in [2.75, 3.05) is 39.3 Å². The number of para-hydroxylation sites is 1. The van der Waals surface area contributed by atoms with Gasteiger partial charge in [-0.3, -0.25) is 9.69 Å². The highest BCUT2D eigenvalue weighted by Gasteiger charge is 2.14. The molecule has 9 heteroatoms. The van der Waals surface area contributed by atoms with Crippen molar-refractivity contribution >= 4 is 23.5 Å². The minimum Gasteiger partial charge on any atom is -0.423 e. The second-order valence-electron chi connectivity index (χ2n) is 6.82. The van der Waals surface area contributed by atoms with Gasteiger partial charge >= 0.3 is 5.97 Å². The second kappa shape index (κ2) is 10.4. The van der Waals surface area contributed by atoms with E-state index in [1.54, 1.807) is 48.5 Å². The molecule has 0 aromatic heterocycles. The van der Waals surface area contributed by atoms with Crippen LogP contribution in [0.15, 0.2) is 53.5 Å². The summed E-state index contributed by atoms with van der Waals surface area (Å²) in [4.78, 5) is 31.0. The maximum absolute atomic E-state index is 12.5. The molecule has 2 aromatic rings. The highest BCUT2D eigenvalue weighted by Crippen LogP contribution is 2.21. The van der Waals surface area contributed by atoms with E-state index in [0.29, 0.717) is 23.5 Å². The number of piperazine rings is 1. The summed E-state index contributed by atoms with van der Waals surface area (Å²) < 4.78 is 5.38. The molecule has 0 unspecified atom stereocenters. The van der Waals surface area contributed by atoms with E-state index in [9.17, 15) is 9.59 Å². The summed E-state index contributed by atoms with van der Waals surface area (Å²) in [5.74, 6) is -0.593. The molecule has 0 saturated carbocycles. The van der Waals surface area contributed by atoms with E-state index >= 15 is 0 Å². The lowest BCUT2D eigenvalue weighted by atomic mass is 10.2. The van der Waals surface area contributed by atoms with Gasteiger partial charge in [0.25, 0.3) is 5.91 Å². The Kier molecular flexibility index (Phi) is 7.36. The number of rotatable bonds is 7. The van der Waals surface area contributed by atoms with Crippen LogP contribution in [0.5, 0.6) is 5.75 Å². The van der Waals surface area contributed by atoms with E-state index in [1.807, 2.05) is 0 Å². The Morgan fingerprint density at radius 1 is 1.07 bits per heavy atom. The van der Waals surface area contributed by atoms with Crippen LogP contribution in [0.2, 0.25) is 0 Å². The number of amides is 1. The van der Waals surface area contributed by atoms with Gasteiger partial charge in [0.15, 0.2) is 5.96 Å². The Labute approximate surface area is 175 Å². The fourth-order valence-electron chi connectivity index (χ4n) is 3.08. The molecule has 2 aromatic carbocycles. The van der Waals surface area contributed by atoms with E-state index in [2.05, 4.69) is 20.5 Å². The summed E-state index contributed by atoms with van der Waals surface area (Å²) in [6, 6.07) is 13.0. The first-order valence-corrected chi connectivity index (χ1v) is 9.75. The van der Waals surface area contributed by atoms with Crippen molar-refractivity contribution in [2.24, 2.45) is 16.5 Å². The van der Waals surface area contributed by atoms with Crippen molar-refractivity contribution in [1.82, 2.24) is 15.5 Å². The smallest absolute Gasteiger partial charge is 0.345 e. The number of hydrogen-bond donors (Lipinski definition) is 4. The van der Waals surface area contributed by atoms with Gasteiger partial charge in [-0.1, -0.05) is 12.1 Å². The Morgan fingerprint density at radius 3 is 2.47 bits per heavy atom. The van der Waals surface area contributed by atoms with E-state index in [0.717, 1.165) is 32.7 Å². The number of aliphatic imine (C=N–C) groups is 1. The van der Waals surface area contributed by atoms with Crippen LogP contribution in [0, 0.1) is 0 Å². The molecule has 0 spiro atoms. The number of nitrogens with one attached hydrogen (secondary N) is 2. The zero-order valence-electron chi connectivity index (χ0n) is 16.6. The normalized spacial score (nSPS) is 14.0. The summed E-state index contributed by atoms with van der Waals surface area (Å²) in [6.45, 7) is 5.33. The second-order valence-corrected chi connectivity index (χ2v) is 6.82. The molecule has 0 atom stereocenters. The monoisotopic (exact) mass is 410 g/mol. The van der Waals surface area contributed by atoms with Crippen LogP contribution < -0.4 is 26.8 Å². The van der Waals surface area contributed by atoms with Crippen LogP contribution in [0.3, 0.4) is 0 Å². The van der Waals surface area contributed by atoms with Gasteiger partial charge in [-0.15, -0.1) is 0 Å². The Bertz CT molecular complexity index is 903. The van der Waals surface area contributed by atoms with E-state index in [-0.39, 0.29) is 17.4 Å². The number of nitrogens with two attached hydrogens (primary N) is 2. The molecule has 1 amide bonds. The highest BCUT2D eigenvalue weighted by atomic mass is 16.5. The van der Waals surface area contributed by atoms with Gasteiger partial charge in [0.2, 0.25) is 0 Å². The molecule has 1 aliphatic heterocycles. The number of benzene rings is 2. The lowest BCUT2D eigenvalue weighted by Gasteiger charge is -2.27. The first-order valence-electron chi connectivity index (χ1n) is 9.75. The fraction of sp³-hybridized carbons (Fsp3) is 0.286. The molecular weight excluding hydrogens is 384 g/mol. The number of carbonyl (C=O) groups excluding carboxylic acids is 2. The van der Waals surface area contributed by atoms with Gasteiger partial charge in [0.05, 0.1) is 11.3 Å². The van der Waals surface area contributed by atoms with Gasteiger partial charge in [0, 0.05) is 44.8 Å². The molecule has 1 aliphatic rings. The van der Waals surface area contributed by atoms with E-state index in [4.69, 9.17) is 16.2 Å². The molecule has 1 fully saturated rings. The van der Waals surface area contributed by atoms with Gasteiger partial charge < -0.3 is 26.8 Å². The summed E-state index contributed by atoms with van der Waals surface area (Å²) in [5, 5.41) is 6.21. The lowest BCUT2D eigenvalue weighted by molar-refractivity contribution is 0.0735. The molecule has 0 radical (unpaired) electrons. The quantitative estimate of drug-likeness (QED) is 0.225. The fourth-order valence-corrected chi connectivity index (χ4v) is 3.08. The van der Waals surface area contributed by atoms with Crippen molar-refractivity contribution in [1.29, 1.82) is 0 Å². The van der Waals surface area contributed by atoms with Crippen LogP contribution in [0.4, 0.5) is 5.69 Å². The third-order valence-corrected chi connectivity index (χ3v) is 4.62. The predicted octanol–water partition coefficient (Wildman–Crippen LogP) is 0.446. The Hall–Kier alpha value is -3.43. The number of hydrogen-bond acceptors (Lipinski definition) is 6. The van der Waals surface area contributed by atoms with Crippen LogP contribution in [-0.2, 0) is 0 Å². The SMILES string of the molecule is NC(N)=Nc1ccccc1C(=O)Oc1ccc(C(=O)NCCN2CCNCC2)cc1. The molecule has 0 aliphatic carbocycles. The zero-order chi connectivity index (χ0) is 21.3. The Balaban J connectivity index is 1.54. The molecule has 30 heavy (non-hydrogen) atoms. The molecular formula is C21H26N6O3. The Morgan fingerprint density at radius 2 is 1.77 bits per heavy atom. The largest absolute Gasteiger partial charge is 0.423 e. The molecule has 3 rings (SSSR count). The average molecular weight is 410 g/mol. The summed E-state index contributed by atoms with van der Waals surface area (Å²) in [6.07, 6.45) is 0. The number of nitrogens with zero attached hydrogens (tertiary/aromatic N) is 2. The average Bonchev–Trinajstić information content (AvgIpc) is 2.75. The van der Waals surface area contributed by atoms with Gasteiger partial charge in [-0.2, -0.15) is 0 Å². The molecule has 9 nitrogen and oxygen atoms in total. The standard InChI is InChI=1S/C21H26N6O3/c22-21(23)26-18-4-2-1-3-17(18)20(29)30-16-7-5-15(6-8-16)19(28)25-11-14-27-12-9-24-10-13-27/h1-8,24H,9-14H2,(H,25,28)(H4,22,23,26). The molecule has 158 valence electrons.